The average Bonchev–Trinajstić information content (AvgIpc) is 2.92. The molecule has 3 atom stereocenters. The quantitative estimate of drug-likeness (QED) is 0.642. The topological polar surface area (TPSA) is 67.2 Å². The molecule has 1 fully saturated rings. The summed E-state index contributed by atoms with van der Waals surface area (Å²) in [5.74, 6) is -2.02. The summed E-state index contributed by atoms with van der Waals surface area (Å²) in [7, 11) is 0. The lowest BCUT2D eigenvalue weighted by Crippen LogP contribution is -2.19. The van der Waals surface area contributed by atoms with Gasteiger partial charge in [0.2, 0.25) is 0 Å². The Kier molecular flexibility index (Phi) is 4.20. The molecule has 2 aromatic carbocycles. The molecule has 3 rings (SSSR count). The Labute approximate surface area is 134 Å². The van der Waals surface area contributed by atoms with Crippen molar-refractivity contribution in [2.45, 2.75) is 12.5 Å². The molecule has 4 heteroatoms. The van der Waals surface area contributed by atoms with Crippen molar-refractivity contribution >= 4 is 11.8 Å². The maximum absolute atomic E-state index is 12.5. The average molecular weight is 305 g/mol. The van der Waals surface area contributed by atoms with E-state index in [-0.39, 0.29) is 12.2 Å². The number of esters is 1. The number of nitrogens with zero attached hydrogens (tertiary/aromatic N) is 1. The molecule has 1 heterocycles. The maximum Gasteiger partial charge on any atom is 0.324 e. The van der Waals surface area contributed by atoms with Crippen LogP contribution in [0.4, 0.5) is 0 Å². The highest BCUT2D eigenvalue weighted by Crippen LogP contribution is 2.41. The van der Waals surface area contributed by atoms with E-state index in [2.05, 4.69) is 0 Å². The van der Waals surface area contributed by atoms with Gasteiger partial charge in [-0.05, 0) is 5.56 Å². The molecule has 0 amide bonds. The van der Waals surface area contributed by atoms with Gasteiger partial charge in [0.15, 0.2) is 11.7 Å². The lowest BCUT2D eigenvalue weighted by Gasteiger charge is -2.18. The third-order valence-electron chi connectivity index (χ3n) is 4.10. The van der Waals surface area contributed by atoms with Crippen molar-refractivity contribution in [2.24, 2.45) is 11.8 Å². The second-order valence-electron chi connectivity index (χ2n) is 5.53. The Hall–Kier alpha value is -2.93. The van der Waals surface area contributed by atoms with Crippen LogP contribution >= 0.6 is 0 Å². The molecule has 0 unspecified atom stereocenters. The van der Waals surface area contributed by atoms with Crippen LogP contribution in [0.5, 0.6) is 0 Å². The number of carbonyl (C=O) groups is 2. The van der Waals surface area contributed by atoms with Gasteiger partial charge in [-0.3, -0.25) is 9.59 Å². The Balaban J connectivity index is 1.88. The molecule has 1 saturated heterocycles. The molecule has 0 spiro atoms. The number of benzene rings is 2. The Bertz CT molecular complexity index is 749. The summed E-state index contributed by atoms with van der Waals surface area (Å²) < 4.78 is 5.39. The molecule has 2 aromatic rings. The Morgan fingerprint density at radius 2 is 1.65 bits per heavy atom. The molecule has 0 bridgehead atoms. The van der Waals surface area contributed by atoms with Gasteiger partial charge in [-0.15, -0.1) is 0 Å². The van der Waals surface area contributed by atoms with Crippen LogP contribution in [0.15, 0.2) is 60.7 Å². The SMILES string of the molecule is N#C[C@H]1C(=O)O[C@H](c2ccccc2)[C@@H]1CC(=O)c1ccccc1. The van der Waals surface area contributed by atoms with Crippen molar-refractivity contribution in [1.82, 2.24) is 0 Å². The molecular weight excluding hydrogens is 290 g/mol. The van der Waals surface area contributed by atoms with E-state index in [4.69, 9.17) is 4.74 Å². The molecule has 0 aliphatic carbocycles. The van der Waals surface area contributed by atoms with Gasteiger partial charge in [-0.2, -0.15) is 5.26 Å². The first-order valence-electron chi connectivity index (χ1n) is 7.44. The van der Waals surface area contributed by atoms with Crippen LogP contribution in [0, 0.1) is 23.2 Å². The van der Waals surface area contributed by atoms with Crippen molar-refractivity contribution in [1.29, 1.82) is 5.26 Å². The van der Waals surface area contributed by atoms with Crippen molar-refractivity contribution in [2.75, 3.05) is 0 Å². The highest BCUT2D eigenvalue weighted by Gasteiger charge is 2.46. The molecular formula is C19H15NO3. The fourth-order valence-electron chi connectivity index (χ4n) is 2.92. The second kappa shape index (κ2) is 6.45. The summed E-state index contributed by atoms with van der Waals surface area (Å²) in [6.07, 6.45) is -0.450. The van der Waals surface area contributed by atoms with E-state index >= 15 is 0 Å². The summed E-state index contributed by atoms with van der Waals surface area (Å²) in [5, 5.41) is 9.29. The lowest BCUT2D eigenvalue weighted by atomic mass is 9.83. The number of rotatable bonds is 4. The zero-order valence-electron chi connectivity index (χ0n) is 12.4. The molecule has 0 radical (unpaired) electrons. The predicted molar refractivity (Wildman–Crippen MR) is 83.3 cm³/mol. The van der Waals surface area contributed by atoms with Gasteiger partial charge in [0.05, 0.1) is 6.07 Å². The molecule has 23 heavy (non-hydrogen) atoms. The maximum atomic E-state index is 12.5. The van der Waals surface area contributed by atoms with E-state index in [1.807, 2.05) is 42.5 Å². The van der Waals surface area contributed by atoms with Gasteiger partial charge in [-0.25, -0.2) is 0 Å². The fraction of sp³-hybridized carbons (Fsp3) is 0.211. The van der Waals surface area contributed by atoms with Gasteiger partial charge >= 0.3 is 5.97 Å². The third-order valence-corrected chi connectivity index (χ3v) is 4.10. The number of hydrogen-bond acceptors (Lipinski definition) is 4. The van der Waals surface area contributed by atoms with Gasteiger partial charge in [-0.1, -0.05) is 60.7 Å². The number of hydrogen-bond donors (Lipinski definition) is 0. The minimum atomic E-state index is -0.909. The largest absolute Gasteiger partial charge is 0.456 e. The van der Waals surface area contributed by atoms with E-state index in [1.54, 1.807) is 24.3 Å². The first-order valence-corrected chi connectivity index (χ1v) is 7.44. The number of Topliss-reactive ketones (excluding diaryl/α,β-unsaturated/α-hetero) is 1. The van der Waals surface area contributed by atoms with Crippen LogP contribution in [-0.4, -0.2) is 11.8 Å². The van der Waals surface area contributed by atoms with E-state index in [0.29, 0.717) is 5.56 Å². The molecule has 0 N–H and O–H groups in total. The molecule has 1 aliphatic heterocycles. The zero-order valence-corrected chi connectivity index (χ0v) is 12.4. The van der Waals surface area contributed by atoms with Crippen LogP contribution in [0.3, 0.4) is 0 Å². The summed E-state index contributed by atoms with van der Waals surface area (Å²) >= 11 is 0. The number of ketones is 1. The van der Waals surface area contributed by atoms with Gasteiger partial charge in [0.1, 0.15) is 6.10 Å². The molecule has 4 nitrogen and oxygen atoms in total. The minimum absolute atomic E-state index is 0.0879. The standard InChI is InChI=1S/C19H15NO3/c20-12-16-15(11-17(21)13-7-3-1-4-8-13)18(23-19(16)22)14-9-5-2-6-10-14/h1-10,15-16,18H,11H2/t15-,16-,18-/m1/s1. The summed E-state index contributed by atoms with van der Waals surface area (Å²) in [6, 6.07) is 20.1. The van der Waals surface area contributed by atoms with Gasteiger partial charge in [0, 0.05) is 17.9 Å². The Morgan fingerprint density at radius 1 is 1.04 bits per heavy atom. The smallest absolute Gasteiger partial charge is 0.324 e. The summed E-state index contributed by atoms with van der Waals surface area (Å²) in [4.78, 5) is 24.4. The molecule has 0 saturated carbocycles. The van der Waals surface area contributed by atoms with E-state index in [9.17, 15) is 14.9 Å². The van der Waals surface area contributed by atoms with Crippen molar-refractivity contribution in [3.8, 4) is 6.07 Å². The minimum Gasteiger partial charge on any atom is -0.456 e. The van der Waals surface area contributed by atoms with E-state index in [1.165, 1.54) is 0 Å². The van der Waals surface area contributed by atoms with Crippen LogP contribution in [-0.2, 0) is 9.53 Å². The highest BCUT2D eigenvalue weighted by atomic mass is 16.6. The first-order chi connectivity index (χ1) is 11.2. The number of nitriles is 1. The second-order valence-corrected chi connectivity index (χ2v) is 5.53. The summed E-state index contributed by atoms with van der Waals surface area (Å²) in [6.45, 7) is 0. The van der Waals surface area contributed by atoms with E-state index < -0.39 is 23.9 Å². The number of ether oxygens (including phenoxy) is 1. The molecule has 114 valence electrons. The first kappa shape index (κ1) is 15.0. The van der Waals surface area contributed by atoms with Gasteiger partial charge in [0.25, 0.3) is 0 Å². The van der Waals surface area contributed by atoms with Crippen molar-refractivity contribution in [3.63, 3.8) is 0 Å². The predicted octanol–water partition coefficient (Wildman–Crippen LogP) is 3.31. The third kappa shape index (κ3) is 3.00. The van der Waals surface area contributed by atoms with Crippen molar-refractivity contribution < 1.29 is 14.3 Å². The van der Waals surface area contributed by atoms with Crippen LogP contribution < -0.4 is 0 Å². The van der Waals surface area contributed by atoms with Crippen LogP contribution in [0.2, 0.25) is 0 Å². The Morgan fingerprint density at radius 3 is 2.26 bits per heavy atom. The van der Waals surface area contributed by atoms with Crippen LogP contribution in [0.1, 0.15) is 28.4 Å². The van der Waals surface area contributed by atoms with Crippen molar-refractivity contribution in [3.05, 3.63) is 71.8 Å². The molecule has 0 aromatic heterocycles. The zero-order chi connectivity index (χ0) is 16.2. The number of carbonyl (C=O) groups excluding carboxylic acids is 2. The normalized spacial score (nSPS) is 23.1. The molecule has 1 aliphatic rings. The highest BCUT2D eigenvalue weighted by molar-refractivity contribution is 5.96. The van der Waals surface area contributed by atoms with Crippen LogP contribution in [0.25, 0.3) is 0 Å². The monoisotopic (exact) mass is 305 g/mol. The van der Waals surface area contributed by atoms with E-state index in [0.717, 1.165) is 5.56 Å². The fourth-order valence-corrected chi connectivity index (χ4v) is 2.92. The summed E-state index contributed by atoms with van der Waals surface area (Å²) in [5.41, 5.74) is 1.39. The van der Waals surface area contributed by atoms with Gasteiger partial charge < -0.3 is 4.74 Å². The lowest BCUT2D eigenvalue weighted by molar-refractivity contribution is -0.143. The number of cyclic esters (lactones) is 1.